The number of anilines is 1. The lowest BCUT2D eigenvalue weighted by Crippen LogP contribution is -2.21. The van der Waals surface area contributed by atoms with Crippen LogP contribution in [0.1, 0.15) is 5.56 Å². The van der Waals surface area contributed by atoms with Gasteiger partial charge in [-0.25, -0.2) is 4.98 Å². The number of benzene rings is 3. The van der Waals surface area contributed by atoms with Crippen molar-refractivity contribution in [3.63, 3.8) is 0 Å². The van der Waals surface area contributed by atoms with Gasteiger partial charge in [0, 0.05) is 20.7 Å². The Morgan fingerprint density at radius 2 is 1.62 bits per heavy atom. The van der Waals surface area contributed by atoms with Crippen LogP contribution in [0, 0.1) is 0 Å². The van der Waals surface area contributed by atoms with Crippen LogP contribution in [0.5, 0.6) is 0 Å². The summed E-state index contributed by atoms with van der Waals surface area (Å²) in [6.07, 6.45) is 1.85. The fourth-order valence-electron chi connectivity index (χ4n) is 3.20. The minimum atomic E-state index is -0.189. The number of carbonyl (C=O) groups is 1. The molecule has 0 saturated heterocycles. The Labute approximate surface area is 203 Å². The highest BCUT2D eigenvalue weighted by Crippen LogP contribution is 2.34. The minimum absolute atomic E-state index is 0.189. The lowest BCUT2D eigenvalue weighted by atomic mass is 10.1. The predicted octanol–water partition coefficient (Wildman–Crippen LogP) is 7.18. The molecule has 0 atom stereocenters. The van der Waals surface area contributed by atoms with E-state index in [0.29, 0.717) is 32.2 Å². The number of carbonyl (C=O) groups excluding carboxylic acids is 1. The molecule has 0 aliphatic carbocycles. The quantitative estimate of drug-likeness (QED) is 0.217. The highest BCUT2D eigenvalue weighted by Gasteiger charge is 2.33. The van der Waals surface area contributed by atoms with E-state index in [1.807, 2.05) is 66.7 Å². The maximum atomic E-state index is 13.4. The fraction of sp³-hybridized carbons (Fsp3) is 0.0417. The topological polar surface area (TPSA) is 45.6 Å². The molecule has 1 aliphatic heterocycles. The molecule has 1 aliphatic rings. The average Bonchev–Trinajstić information content (AvgIpc) is 3.36. The maximum Gasteiger partial charge on any atom is 0.282 e. The number of aromatic nitrogens is 1. The normalized spacial score (nSPS) is 15.1. The van der Waals surface area contributed by atoms with Crippen LogP contribution >= 0.6 is 46.3 Å². The molecule has 0 unspecified atom stereocenters. The minimum Gasteiger partial charge on any atom is -0.267 e. The van der Waals surface area contributed by atoms with Gasteiger partial charge in [0.05, 0.1) is 21.5 Å². The van der Waals surface area contributed by atoms with Crippen molar-refractivity contribution < 1.29 is 4.79 Å². The van der Waals surface area contributed by atoms with E-state index in [1.54, 1.807) is 23.9 Å². The van der Waals surface area contributed by atoms with Gasteiger partial charge in [-0.1, -0.05) is 58.8 Å². The van der Waals surface area contributed by atoms with Gasteiger partial charge in [-0.3, -0.25) is 4.79 Å². The molecular formula is C24H15Cl2N3OS2. The zero-order valence-corrected chi connectivity index (χ0v) is 19.7. The summed E-state index contributed by atoms with van der Waals surface area (Å²) in [6, 6.07) is 22.8. The lowest BCUT2D eigenvalue weighted by Gasteiger charge is -2.06. The average molecular weight is 496 g/mol. The van der Waals surface area contributed by atoms with E-state index in [2.05, 4.69) is 10.1 Å². The number of para-hydroxylation sites is 1. The number of hydrogen-bond donors (Lipinski definition) is 0. The molecule has 1 amide bonds. The van der Waals surface area contributed by atoms with Crippen molar-refractivity contribution >= 4 is 79.3 Å². The van der Waals surface area contributed by atoms with Crippen LogP contribution in [0.3, 0.4) is 0 Å². The van der Waals surface area contributed by atoms with Crippen molar-refractivity contribution in [2.24, 2.45) is 5.10 Å². The van der Waals surface area contributed by atoms with Gasteiger partial charge in [0.1, 0.15) is 0 Å². The predicted molar refractivity (Wildman–Crippen MR) is 136 cm³/mol. The van der Waals surface area contributed by atoms with Gasteiger partial charge in [-0.2, -0.15) is 10.1 Å². The molecule has 0 N–H and O–H groups in total. The van der Waals surface area contributed by atoms with Gasteiger partial charge in [-0.15, -0.1) is 11.8 Å². The van der Waals surface area contributed by atoms with Crippen LogP contribution in [0.4, 0.5) is 5.13 Å². The molecule has 3 aromatic carbocycles. The number of thioether (sulfide) groups is 1. The van der Waals surface area contributed by atoms with E-state index in [1.165, 1.54) is 16.3 Å². The first-order chi connectivity index (χ1) is 15.6. The Morgan fingerprint density at radius 3 is 2.34 bits per heavy atom. The summed E-state index contributed by atoms with van der Waals surface area (Å²) in [7, 11) is 0. The summed E-state index contributed by atoms with van der Waals surface area (Å²) < 4.78 is 1.01. The number of thiazole rings is 1. The van der Waals surface area contributed by atoms with Gasteiger partial charge in [0.25, 0.3) is 5.91 Å². The molecule has 0 saturated carbocycles. The number of amides is 1. The van der Waals surface area contributed by atoms with Crippen molar-refractivity contribution in [1.29, 1.82) is 0 Å². The van der Waals surface area contributed by atoms with Crippen molar-refractivity contribution in [3.8, 4) is 0 Å². The summed E-state index contributed by atoms with van der Waals surface area (Å²) in [5.74, 6) is 0.347. The molecule has 2 heterocycles. The van der Waals surface area contributed by atoms with Crippen molar-refractivity contribution in [2.45, 2.75) is 4.90 Å². The Morgan fingerprint density at radius 1 is 0.938 bits per heavy atom. The maximum absolute atomic E-state index is 13.4. The van der Waals surface area contributed by atoms with Gasteiger partial charge >= 0.3 is 0 Å². The Balaban J connectivity index is 1.49. The Bertz CT molecular complexity index is 1330. The van der Waals surface area contributed by atoms with Crippen LogP contribution in [-0.2, 0) is 4.79 Å². The zero-order valence-electron chi connectivity index (χ0n) is 16.5. The first-order valence-corrected chi connectivity index (χ1v) is 12.3. The number of rotatable bonds is 5. The third kappa shape index (κ3) is 4.45. The van der Waals surface area contributed by atoms with Crippen LogP contribution < -0.4 is 5.01 Å². The van der Waals surface area contributed by atoms with E-state index < -0.39 is 0 Å². The summed E-state index contributed by atoms with van der Waals surface area (Å²) in [4.78, 5) is 19.0. The number of halogens is 2. The van der Waals surface area contributed by atoms with Gasteiger partial charge in [-0.05, 0) is 60.2 Å². The summed E-state index contributed by atoms with van der Waals surface area (Å²) >= 11 is 15.1. The first kappa shape index (κ1) is 21.2. The van der Waals surface area contributed by atoms with E-state index in [0.717, 1.165) is 20.7 Å². The van der Waals surface area contributed by atoms with Crippen molar-refractivity contribution in [1.82, 2.24) is 4.98 Å². The fourth-order valence-corrected chi connectivity index (χ4v) is 5.21. The summed E-state index contributed by atoms with van der Waals surface area (Å²) in [5.41, 5.74) is 2.98. The molecule has 0 bridgehead atoms. The molecule has 0 spiro atoms. The molecule has 4 nitrogen and oxygen atoms in total. The second kappa shape index (κ2) is 9.08. The van der Waals surface area contributed by atoms with Gasteiger partial charge in [0.15, 0.2) is 0 Å². The first-order valence-electron chi connectivity index (χ1n) is 9.70. The summed E-state index contributed by atoms with van der Waals surface area (Å²) in [6.45, 7) is 0. The second-order valence-electron chi connectivity index (χ2n) is 6.98. The van der Waals surface area contributed by atoms with Crippen LogP contribution in [-0.4, -0.2) is 22.4 Å². The van der Waals surface area contributed by atoms with Crippen LogP contribution in [0.2, 0.25) is 10.0 Å². The smallest absolute Gasteiger partial charge is 0.267 e. The van der Waals surface area contributed by atoms with Crippen LogP contribution in [0.25, 0.3) is 16.3 Å². The molecule has 5 rings (SSSR count). The van der Waals surface area contributed by atoms with E-state index in [-0.39, 0.29) is 5.91 Å². The lowest BCUT2D eigenvalue weighted by molar-refractivity contribution is -0.114. The SMILES string of the molecule is O=C1C(=Cc2ccc(Cl)cc2)C(CSc2ccc(Cl)cc2)=NN1c1nc2ccccc2s1. The number of fused-ring (bicyclic) bond motifs is 1. The van der Waals surface area contributed by atoms with E-state index >= 15 is 0 Å². The van der Waals surface area contributed by atoms with Gasteiger partial charge in [0.2, 0.25) is 5.13 Å². The molecule has 32 heavy (non-hydrogen) atoms. The highest BCUT2D eigenvalue weighted by atomic mass is 35.5. The third-order valence-electron chi connectivity index (χ3n) is 4.79. The largest absolute Gasteiger partial charge is 0.282 e. The Kier molecular flexibility index (Phi) is 6.02. The third-order valence-corrected chi connectivity index (χ3v) is 7.33. The van der Waals surface area contributed by atoms with Crippen LogP contribution in [0.15, 0.2) is 88.4 Å². The van der Waals surface area contributed by atoms with E-state index in [4.69, 9.17) is 23.2 Å². The Hall–Kier alpha value is -2.64. The van der Waals surface area contributed by atoms with Gasteiger partial charge < -0.3 is 0 Å². The molecule has 1 aromatic heterocycles. The number of nitrogens with zero attached hydrogens (tertiary/aromatic N) is 3. The standard InChI is InChI=1S/C24H15Cl2N3OS2/c25-16-7-5-15(6-8-16)13-19-21(14-31-18-11-9-17(26)10-12-18)28-29(23(19)30)24-27-20-3-1-2-4-22(20)32-24/h1-13H,14H2. The van der Waals surface area contributed by atoms with Crippen molar-refractivity contribution in [2.75, 3.05) is 10.8 Å². The molecular weight excluding hydrogens is 481 g/mol. The second-order valence-corrected chi connectivity index (χ2v) is 9.91. The number of hydrazone groups is 1. The molecule has 8 heteroatoms. The summed E-state index contributed by atoms with van der Waals surface area (Å²) in [5, 5.41) is 7.97. The zero-order chi connectivity index (χ0) is 22.1. The monoisotopic (exact) mass is 495 g/mol. The number of hydrogen-bond acceptors (Lipinski definition) is 5. The molecule has 4 aromatic rings. The highest BCUT2D eigenvalue weighted by molar-refractivity contribution is 8.00. The molecule has 0 radical (unpaired) electrons. The van der Waals surface area contributed by atoms with E-state index in [9.17, 15) is 4.79 Å². The molecule has 0 fully saturated rings. The molecule has 158 valence electrons. The van der Waals surface area contributed by atoms with Crippen molar-refractivity contribution in [3.05, 3.63) is 94.0 Å².